The number of benzene rings is 1. The van der Waals surface area contributed by atoms with Gasteiger partial charge in [0.1, 0.15) is 6.04 Å². The van der Waals surface area contributed by atoms with E-state index in [-0.39, 0.29) is 6.04 Å². The molecule has 1 N–H and O–H groups in total. The molecule has 2 nitrogen and oxygen atoms in total. The van der Waals surface area contributed by atoms with Crippen molar-refractivity contribution in [2.75, 3.05) is 0 Å². The fourth-order valence-electron chi connectivity index (χ4n) is 1.81. The van der Waals surface area contributed by atoms with Gasteiger partial charge in [-0.15, -0.1) is 11.3 Å². The number of thiophene rings is 1. The Morgan fingerprint density at radius 1 is 1.13 bits per heavy atom. The van der Waals surface area contributed by atoms with Crippen molar-refractivity contribution < 1.29 is 0 Å². The van der Waals surface area contributed by atoms with Crippen LogP contribution in [0, 0.1) is 0 Å². The molecule has 15 heavy (non-hydrogen) atoms. The second kappa shape index (κ2) is 3.51. The monoisotopic (exact) mass is 214 g/mol. The van der Waals surface area contributed by atoms with Crippen LogP contribution < -0.4 is 5.43 Å². The van der Waals surface area contributed by atoms with Gasteiger partial charge in [-0.25, -0.2) is 0 Å². The molecule has 1 aromatic carbocycles. The third-order valence-electron chi connectivity index (χ3n) is 2.54. The Bertz CT molecular complexity index is 488. The summed E-state index contributed by atoms with van der Waals surface area (Å²) in [6.07, 6.45) is 1.87. The molecule has 74 valence electrons. The van der Waals surface area contributed by atoms with Crippen LogP contribution in [-0.2, 0) is 0 Å². The zero-order valence-electron chi connectivity index (χ0n) is 8.05. The van der Waals surface area contributed by atoms with Crippen molar-refractivity contribution in [2.24, 2.45) is 5.10 Å². The molecule has 2 aromatic rings. The lowest BCUT2D eigenvalue weighted by molar-refractivity contribution is 0.641. The Morgan fingerprint density at radius 3 is 2.93 bits per heavy atom. The SMILES string of the molecule is C1=NN[C@H](c2cccs2)c2ccccc21. The molecule has 1 aliphatic rings. The molecule has 0 aliphatic carbocycles. The van der Waals surface area contributed by atoms with Gasteiger partial charge < -0.3 is 0 Å². The first-order chi connectivity index (χ1) is 7.45. The molecule has 1 aromatic heterocycles. The minimum atomic E-state index is 0.214. The number of rotatable bonds is 1. The molecule has 0 amide bonds. The van der Waals surface area contributed by atoms with Crippen LogP contribution in [0.25, 0.3) is 0 Å². The lowest BCUT2D eigenvalue weighted by atomic mass is 9.99. The highest BCUT2D eigenvalue weighted by Gasteiger charge is 2.19. The Hall–Kier alpha value is -1.61. The molecule has 3 rings (SSSR count). The Balaban J connectivity index is 2.10. The van der Waals surface area contributed by atoms with Gasteiger partial charge in [-0.3, -0.25) is 5.43 Å². The van der Waals surface area contributed by atoms with Gasteiger partial charge in [0.15, 0.2) is 0 Å². The van der Waals surface area contributed by atoms with Crippen LogP contribution in [0.1, 0.15) is 22.0 Å². The van der Waals surface area contributed by atoms with Crippen molar-refractivity contribution in [1.82, 2.24) is 5.43 Å². The third kappa shape index (κ3) is 1.45. The molecule has 1 aliphatic heterocycles. The van der Waals surface area contributed by atoms with Gasteiger partial charge >= 0.3 is 0 Å². The van der Waals surface area contributed by atoms with Crippen LogP contribution in [0.4, 0.5) is 0 Å². The molecule has 1 atom stereocenters. The average Bonchev–Trinajstić information content (AvgIpc) is 2.82. The third-order valence-corrected chi connectivity index (χ3v) is 3.48. The number of nitrogens with one attached hydrogen (secondary N) is 1. The van der Waals surface area contributed by atoms with E-state index in [0.29, 0.717) is 0 Å². The highest BCUT2D eigenvalue weighted by Crippen LogP contribution is 2.29. The minimum absolute atomic E-state index is 0.214. The van der Waals surface area contributed by atoms with Crippen LogP contribution in [0.3, 0.4) is 0 Å². The Morgan fingerprint density at radius 2 is 2.07 bits per heavy atom. The predicted octanol–water partition coefficient (Wildman–Crippen LogP) is 2.77. The van der Waals surface area contributed by atoms with Gasteiger partial charge in [0.05, 0.1) is 6.21 Å². The first-order valence-electron chi connectivity index (χ1n) is 4.86. The molecular weight excluding hydrogens is 204 g/mol. The van der Waals surface area contributed by atoms with Gasteiger partial charge in [-0.2, -0.15) is 5.10 Å². The van der Waals surface area contributed by atoms with E-state index in [1.165, 1.54) is 16.0 Å². The normalized spacial score (nSPS) is 18.3. The number of nitrogens with zero attached hydrogens (tertiary/aromatic N) is 1. The van der Waals surface area contributed by atoms with E-state index in [1.807, 2.05) is 12.3 Å². The average molecular weight is 214 g/mol. The van der Waals surface area contributed by atoms with Crippen LogP contribution in [0.2, 0.25) is 0 Å². The first kappa shape index (κ1) is 8.68. The lowest BCUT2D eigenvalue weighted by Gasteiger charge is -2.21. The van der Waals surface area contributed by atoms with Crippen LogP contribution in [-0.4, -0.2) is 6.21 Å². The predicted molar refractivity (Wildman–Crippen MR) is 63.3 cm³/mol. The maximum Gasteiger partial charge on any atom is 0.104 e. The summed E-state index contributed by atoms with van der Waals surface area (Å²) in [5.41, 5.74) is 5.66. The Labute approximate surface area is 92.3 Å². The summed E-state index contributed by atoms with van der Waals surface area (Å²) in [6, 6.07) is 12.8. The van der Waals surface area contributed by atoms with Crippen molar-refractivity contribution in [3.63, 3.8) is 0 Å². The van der Waals surface area contributed by atoms with Crippen LogP contribution >= 0.6 is 11.3 Å². The largest absolute Gasteiger partial charge is 0.297 e. The summed E-state index contributed by atoms with van der Waals surface area (Å²) < 4.78 is 0. The maximum absolute atomic E-state index is 4.19. The molecule has 0 fully saturated rings. The van der Waals surface area contributed by atoms with Crippen LogP contribution in [0.5, 0.6) is 0 Å². The zero-order chi connectivity index (χ0) is 10.1. The van der Waals surface area contributed by atoms with Crippen molar-refractivity contribution in [1.29, 1.82) is 0 Å². The summed E-state index contributed by atoms with van der Waals surface area (Å²) in [5.74, 6) is 0. The molecule has 0 spiro atoms. The fourth-order valence-corrected chi connectivity index (χ4v) is 2.60. The van der Waals surface area contributed by atoms with E-state index >= 15 is 0 Å². The van der Waals surface area contributed by atoms with Crippen molar-refractivity contribution >= 4 is 17.6 Å². The molecule has 0 saturated heterocycles. The quantitative estimate of drug-likeness (QED) is 0.775. The second-order valence-electron chi connectivity index (χ2n) is 3.46. The number of fused-ring (bicyclic) bond motifs is 1. The molecule has 0 saturated carbocycles. The van der Waals surface area contributed by atoms with Gasteiger partial charge in [0.25, 0.3) is 0 Å². The van der Waals surface area contributed by atoms with Crippen molar-refractivity contribution in [3.8, 4) is 0 Å². The summed E-state index contributed by atoms with van der Waals surface area (Å²) in [7, 11) is 0. The standard InChI is InChI=1S/C12H10N2S/c1-2-5-10-9(4-1)8-13-14-12(10)11-6-3-7-15-11/h1-8,12,14H/t12-/m0/s1. The van der Waals surface area contributed by atoms with E-state index in [4.69, 9.17) is 0 Å². The van der Waals surface area contributed by atoms with Gasteiger partial charge in [-0.05, 0) is 17.0 Å². The highest BCUT2D eigenvalue weighted by molar-refractivity contribution is 7.10. The Kier molecular flexibility index (Phi) is 2.03. The fraction of sp³-hybridized carbons (Fsp3) is 0.0833. The maximum atomic E-state index is 4.19. The minimum Gasteiger partial charge on any atom is -0.297 e. The van der Waals surface area contributed by atoms with E-state index in [1.54, 1.807) is 11.3 Å². The molecule has 2 heterocycles. The smallest absolute Gasteiger partial charge is 0.104 e. The van der Waals surface area contributed by atoms with Crippen molar-refractivity contribution in [3.05, 3.63) is 57.8 Å². The topological polar surface area (TPSA) is 24.4 Å². The highest BCUT2D eigenvalue weighted by atomic mass is 32.1. The second-order valence-corrected chi connectivity index (χ2v) is 4.44. The number of hydrogen-bond donors (Lipinski definition) is 1. The summed E-state index contributed by atoms with van der Waals surface area (Å²) >= 11 is 1.76. The summed E-state index contributed by atoms with van der Waals surface area (Å²) in [4.78, 5) is 1.30. The molecular formula is C12H10N2S. The molecule has 0 radical (unpaired) electrons. The van der Waals surface area contributed by atoms with Gasteiger partial charge in [0.2, 0.25) is 0 Å². The van der Waals surface area contributed by atoms with Crippen molar-refractivity contribution in [2.45, 2.75) is 6.04 Å². The zero-order valence-corrected chi connectivity index (χ0v) is 8.87. The van der Waals surface area contributed by atoms with E-state index in [9.17, 15) is 0 Å². The summed E-state index contributed by atoms with van der Waals surface area (Å²) in [5, 5.41) is 6.28. The van der Waals surface area contributed by atoms with E-state index in [2.05, 4.69) is 46.2 Å². The van der Waals surface area contributed by atoms with Gasteiger partial charge in [0, 0.05) is 10.4 Å². The summed E-state index contributed by atoms with van der Waals surface area (Å²) in [6.45, 7) is 0. The molecule has 3 heteroatoms. The van der Waals surface area contributed by atoms with Crippen LogP contribution in [0.15, 0.2) is 46.9 Å². The van der Waals surface area contributed by atoms with E-state index < -0.39 is 0 Å². The first-order valence-corrected chi connectivity index (χ1v) is 5.74. The molecule has 0 unspecified atom stereocenters. The number of hydrazone groups is 1. The van der Waals surface area contributed by atoms with Gasteiger partial charge in [-0.1, -0.05) is 30.3 Å². The molecule has 0 bridgehead atoms. The lowest BCUT2D eigenvalue weighted by Crippen LogP contribution is -2.21. The number of hydrogen-bond acceptors (Lipinski definition) is 3. The van der Waals surface area contributed by atoms with E-state index in [0.717, 1.165) is 0 Å².